The molecule has 1 heterocycles. The van der Waals surface area contributed by atoms with Crippen LogP contribution in [0.2, 0.25) is 0 Å². The Morgan fingerprint density at radius 3 is 2.43 bits per heavy atom. The number of halogens is 3. The Bertz CT molecular complexity index is 336. The van der Waals surface area contributed by atoms with Crippen LogP contribution in [0.5, 0.6) is 0 Å². The van der Waals surface area contributed by atoms with Crippen molar-refractivity contribution in [3.8, 4) is 0 Å². The third-order valence-corrected chi connectivity index (χ3v) is 1.97. The molecule has 1 unspecified atom stereocenters. The number of alkyl halides is 3. The monoisotopic (exact) mass is 225 g/mol. The maximum Gasteiger partial charge on any atom is 0.417 e. The lowest BCUT2D eigenvalue weighted by Crippen LogP contribution is -2.06. The van der Waals surface area contributed by atoms with Gasteiger partial charge in [0.2, 0.25) is 0 Å². The van der Waals surface area contributed by atoms with E-state index in [0.717, 1.165) is 12.1 Å². The van der Waals surface area contributed by atoms with Crippen LogP contribution in [0, 0.1) is 0 Å². The van der Waals surface area contributed by atoms with Gasteiger partial charge >= 0.3 is 6.18 Å². The summed E-state index contributed by atoms with van der Waals surface area (Å²) in [7, 11) is 0. The molecule has 0 aliphatic rings. The molecule has 0 saturated carbocycles. The first kappa shape index (κ1) is 11.1. The summed E-state index contributed by atoms with van der Waals surface area (Å²) in [6, 6.07) is 1.91. The second-order valence-corrected chi connectivity index (χ2v) is 3.43. The van der Waals surface area contributed by atoms with Crippen LogP contribution in [0.4, 0.5) is 13.2 Å². The van der Waals surface area contributed by atoms with Gasteiger partial charge in [-0.2, -0.15) is 13.2 Å². The smallest absolute Gasteiger partial charge is 0.306 e. The van der Waals surface area contributed by atoms with Crippen molar-refractivity contribution in [3.05, 3.63) is 29.6 Å². The van der Waals surface area contributed by atoms with Gasteiger partial charge in [-0.1, -0.05) is 0 Å². The number of rotatable bonds is 2. The molecule has 0 fully saturated rings. The Morgan fingerprint density at radius 2 is 2.07 bits per heavy atom. The van der Waals surface area contributed by atoms with Crippen LogP contribution in [0.3, 0.4) is 0 Å². The summed E-state index contributed by atoms with van der Waals surface area (Å²) in [6.45, 7) is 0. The summed E-state index contributed by atoms with van der Waals surface area (Å²) >= 11 is -2.09. The van der Waals surface area contributed by atoms with E-state index in [0.29, 0.717) is 6.20 Å². The first-order valence-corrected chi connectivity index (χ1v) is 4.77. The molecule has 0 amide bonds. The molecule has 1 rings (SSSR count). The van der Waals surface area contributed by atoms with Crippen molar-refractivity contribution in [1.29, 1.82) is 0 Å². The molecule has 0 bridgehead atoms. The average Bonchev–Trinajstić information content (AvgIpc) is 2.02. The lowest BCUT2D eigenvalue weighted by atomic mass is 10.2. The number of pyridine rings is 1. The van der Waals surface area contributed by atoms with Crippen molar-refractivity contribution in [2.75, 3.05) is 0 Å². The first-order chi connectivity index (χ1) is 6.39. The average molecular weight is 225 g/mol. The zero-order chi connectivity index (χ0) is 10.8. The predicted octanol–water partition coefficient (Wildman–Crippen LogP) is 1.82. The van der Waals surface area contributed by atoms with Gasteiger partial charge in [0, 0.05) is 6.20 Å². The SMILES string of the molecule is O=S(O)Cc1ccc(C(F)(F)F)cn1. The Hall–Kier alpha value is -0.950. The van der Waals surface area contributed by atoms with Crippen LogP contribution < -0.4 is 0 Å². The molecule has 14 heavy (non-hydrogen) atoms. The highest BCUT2D eigenvalue weighted by Gasteiger charge is 2.30. The molecule has 3 nitrogen and oxygen atoms in total. The van der Waals surface area contributed by atoms with Gasteiger partial charge in [-0.05, 0) is 12.1 Å². The van der Waals surface area contributed by atoms with Crippen molar-refractivity contribution in [2.24, 2.45) is 0 Å². The molecular formula is C7H6F3NO2S. The fourth-order valence-electron chi connectivity index (χ4n) is 0.804. The quantitative estimate of drug-likeness (QED) is 0.781. The van der Waals surface area contributed by atoms with E-state index in [-0.39, 0.29) is 11.4 Å². The Balaban J connectivity index is 2.84. The van der Waals surface area contributed by atoms with E-state index in [4.69, 9.17) is 4.55 Å². The topological polar surface area (TPSA) is 50.2 Å². The highest BCUT2D eigenvalue weighted by atomic mass is 32.2. The van der Waals surface area contributed by atoms with Crippen LogP contribution in [-0.2, 0) is 23.0 Å². The summed E-state index contributed by atoms with van der Waals surface area (Å²) in [4.78, 5) is 3.41. The van der Waals surface area contributed by atoms with Gasteiger partial charge in [0.1, 0.15) is 0 Å². The summed E-state index contributed by atoms with van der Waals surface area (Å²) in [5.74, 6) is -0.266. The highest BCUT2D eigenvalue weighted by Crippen LogP contribution is 2.28. The third kappa shape index (κ3) is 3.08. The summed E-state index contributed by atoms with van der Waals surface area (Å²) in [6.07, 6.45) is -3.79. The fourth-order valence-corrected chi connectivity index (χ4v) is 1.23. The minimum absolute atomic E-state index is 0.152. The molecule has 0 aromatic carbocycles. The zero-order valence-electron chi connectivity index (χ0n) is 6.78. The van der Waals surface area contributed by atoms with Crippen molar-refractivity contribution in [2.45, 2.75) is 11.9 Å². The molecule has 1 aromatic rings. The summed E-state index contributed by atoms with van der Waals surface area (Å²) in [5, 5.41) is 0. The molecule has 1 N–H and O–H groups in total. The molecule has 0 saturated heterocycles. The van der Waals surface area contributed by atoms with Crippen LogP contribution >= 0.6 is 0 Å². The second-order valence-electron chi connectivity index (χ2n) is 2.50. The van der Waals surface area contributed by atoms with Crippen molar-refractivity contribution in [3.63, 3.8) is 0 Å². The predicted molar refractivity (Wildman–Crippen MR) is 43.7 cm³/mol. The van der Waals surface area contributed by atoms with Gasteiger partial charge < -0.3 is 4.55 Å². The third-order valence-electron chi connectivity index (χ3n) is 1.42. The fraction of sp³-hybridized carbons (Fsp3) is 0.286. The lowest BCUT2D eigenvalue weighted by Gasteiger charge is -2.05. The van der Waals surface area contributed by atoms with Gasteiger partial charge in [-0.15, -0.1) is 0 Å². The van der Waals surface area contributed by atoms with E-state index >= 15 is 0 Å². The molecular weight excluding hydrogens is 219 g/mol. The maximum atomic E-state index is 12.0. The van der Waals surface area contributed by atoms with E-state index in [2.05, 4.69) is 4.98 Å². The largest absolute Gasteiger partial charge is 0.417 e. The molecule has 0 radical (unpaired) electrons. The van der Waals surface area contributed by atoms with Gasteiger partial charge in [0.15, 0.2) is 11.1 Å². The second kappa shape index (κ2) is 4.05. The molecule has 0 aliphatic carbocycles. The minimum Gasteiger partial charge on any atom is -0.306 e. The minimum atomic E-state index is -4.43. The Kier molecular flexibility index (Phi) is 3.22. The maximum absolute atomic E-state index is 12.0. The van der Waals surface area contributed by atoms with Gasteiger partial charge in [-0.25, -0.2) is 4.21 Å². The van der Waals surface area contributed by atoms with E-state index in [1.807, 2.05) is 0 Å². The number of aromatic nitrogens is 1. The lowest BCUT2D eigenvalue weighted by molar-refractivity contribution is -0.137. The molecule has 78 valence electrons. The highest BCUT2D eigenvalue weighted by molar-refractivity contribution is 7.78. The van der Waals surface area contributed by atoms with Gasteiger partial charge in [-0.3, -0.25) is 4.98 Å². The Morgan fingerprint density at radius 1 is 1.43 bits per heavy atom. The first-order valence-electron chi connectivity index (χ1n) is 3.49. The van der Waals surface area contributed by atoms with Crippen LogP contribution in [-0.4, -0.2) is 13.7 Å². The van der Waals surface area contributed by atoms with Crippen LogP contribution in [0.1, 0.15) is 11.3 Å². The molecule has 1 aromatic heterocycles. The number of hydrogen-bond acceptors (Lipinski definition) is 2. The normalized spacial score (nSPS) is 14.0. The molecule has 0 aliphatic heterocycles. The summed E-state index contributed by atoms with van der Waals surface area (Å²) < 4.78 is 54.8. The van der Waals surface area contributed by atoms with E-state index < -0.39 is 22.8 Å². The van der Waals surface area contributed by atoms with Crippen molar-refractivity contribution < 1.29 is 21.9 Å². The van der Waals surface area contributed by atoms with Crippen LogP contribution in [0.25, 0.3) is 0 Å². The standard InChI is InChI=1S/C7H6F3NO2S/c8-7(9,10)5-1-2-6(11-3-5)4-14(12)13/h1-3H,4H2,(H,12,13). The van der Waals surface area contributed by atoms with E-state index in [9.17, 15) is 17.4 Å². The summed E-state index contributed by atoms with van der Waals surface area (Å²) in [5.41, 5.74) is -0.719. The molecule has 7 heteroatoms. The molecule has 1 atom stereocenters. The van der Waals surface area contributed by atoms with Crippen LogP contribution in [0.15, 0.2) is 18.3 Å². The van der Waals surface area contributed by atoms with Crippen molar-refractivity contribution >= 4 is 11.1 Å². The van der Waals surface area contributed by atoms with Gasteiger partial charge in [0.25, 0.3) is 0 Å². The van der Waals surface area contributed by atoms with E-state index in [1.165, 1.54) is 0 Å². The number of nitrogens with zero attached hydrogens (tertiary/aromatic N) is 1. The zero-order valence-corrected chi connectivity index (χ0v) is 7.60. The van der Waals surface area contributed by atoms with Crippen molar-refractivity contribution in [1.82, 2.24) is 4.98 Å². The van der Waals surface area contributed by atoms with E-state index in [1.54, 1.807) is 0 Å². The Labute approximate surface area is 80.3 Å². The molecule has 0 spiro atoms. The van der Waals surface area contributed by atoms with Gasteiger partial charge in [0.05, 0.1) is 17.0 Å². The number of hydrogen-bond donors (Lipinski definition) is 1.